The van der Waals surface area contributed by atoms with Crippen LogP contribution in [0.1, 0.15) is 21.9 Å². The third-order valence-electron chi connectivity index (χ3n) is 4.97. The first-order valence-corrected chi connectivity index (χ1v) is 10.1. The van der Waals surface area contributed by atoms with E-state index in [4.69, 9.17) is 30.4 Å². The smallest absolute Gasteiger partial charge is 0.228 e. The van der Waals surface area contributed by atoms with E-state index in [1.165, 1.54) is 18.9 Å². The fourth-order valence-corrected chi connectivity index (χ4v) is 4.68. The zero-order valence-corrected chi connectivity index (χ0v) is 17.9. The van der Waals surface area contributed by atoms with Gasteiger partial charge in [-0.25, -0.2) is 0 Å². The van der Waals surface area contributed by atoms with Crippen LogP contribution in [0.2, 0.25) is 0 Å². The number of nitrogens with zero attached hydrogens (tertiary/aromatic N) is 2. The van der Waals surface area contributed by atoms with Gasteiger partial charge >= 0.3 is 0 Å². The number of nitrogen functional groups attached to an aromatic ring is 2. The molecule has 0 fully saturated rings. The molecule has 4 N–H and O–H groups in total. The Morgan fingerprint density at radius 3 is 2.39 bits per heavy atom. The summed E-state index contributed by atoms with van der Waals surface area (Å²) in [7, 11) is 4.71. The van der Waals surface area contributed by atoms with Crippen LogP contribution >= 0.6 is 11.8 Å². The number of pyridine rings is 1. The number of aromatic nitrogens is 1. The highest BCUT2D eigenvalue weighted by molar-refractivity contribution is 7.99. The maximum absolute atomic E-state index is 9.53. The summed E-state index contributed by atoms with van der Waals surface area (Å²) >= 11 is 1.54. The predicted molar refractivity (Wildman–Crippen MR) is 118 cm³/mol. The number of fused-ring (bicyclic) bond motifs is 2. The molecular weight excluding hydrogens is 416 g/mol. The van der Waals surface area contributed by atoms with Crippen LogP contribution in [0.3, 0.4) is 0 Å². The van der Waals surface area contributed by atoms with Gasteiger partial charge in [-0.2, -0.15) is 10.2 Å². The van der Waals surface area contributed by atoms with Gasteiger partial charge in [-0.3, -0.25) is 0 Å². The molecule has 158 valence electrons. The Kier molecular flexibility index (Phi) is 5.40. The van der Waals surface area contributed by atoms with Crippen molar-refractivity contribution in [3.8, 4) is 34.9 Å². The molecule has 0 amide bonds. The number of nitriles is 1. The molecule has 31 heavy (non-hydrogen) atoms. The number of hydrogen-bond donors (Lipinski definition) is 2. The molecule has 0 spiro atoms. The van der Waals surface area contributed by atoms with Gasteiger partial charge in [-0.15, -0.1) is 11.8 Å². The molecule has 1 unspecified atom stereocenters. The lowest BCUT2D eigenvalue weighted by Gasteiger charge is -2.30. The van der Waals surface area contributed by atoms with Crippen LogP contribution in [-0.2, 0) is 0 Å². The van der Waals surface area contributed by atoms with Gasteiger partial charge in [0.05, 0.1) is 37.8 Å². The van der Waals surface area contributed by atoms with Crippen molar-refractivity contribution in [2.75, 3.05) is 32.8 Å². The van der Waals surface area contributed by atoms with Crippen molar-refractivity contribution < 1.29 is 18.9 Å². The summed E-state index contributed by atoms with van der Waals surface area (Å²) in [6.07, 6.45) is 0. The van der Waals surface area contributed by atoms with Crippen LogP contribution in [0.5, 0.6) is 28.9 Å². The average Bonchev–Trinajstić information content (AvgIpc) is 2.78. The van der Waals surface area contributed by atoms with Gasteiger partial charge in [0.1, 0.15) is 23.2 Å². The first kappa shape index (κ1) is 20.5. The number of benzene rings is 2. The summed E-state index contributed by atoms with van der Waals surface area (Å²) in [6.45, 7) is 0. The molecule has 1 aromatic heterocycles. The molecule has 9 heteroatoms. The van der Waals surface area contributed by atoms with E-state index in [9.17, 15) is 5.26 Å². The van der Waals surface area contributed by atoms with E-state index in [1.807, 2.05) is 36.4 Å². The van der Waals surface area contributed by atoms with Crippen LogP contribution in [0, 0.1) is 11.3 Å². The molecule has 2 aromatic carbocycles. The molecule has 0 aliphatic carbocycles. The minimum Gasteiger partial charge on any atom is -0.497 e. The molecule has 1 aliphatic rings. The number of rotatable bonds is 5. The second kappa shape index (κ2) is 8.16. The first-order valence-electron chi connectivity index (χ1n) is 9.24. The summed E-state index contributed by atoms with van der Waals surface area (Å²) in [5, 5.41) is 9.21. The minimum atomic E-state index is -0.327. The molecule has 0 bridgehead atoms. The molecule has 0 radical (unpaired) electrons. The average molecular weight is 436 g/mol. The lowest BCUT2D eigenvalue weighted by Crippen LogP contribution is -2.15. The quantitative estimate of drug-likeness (QED) is 0.607. The monoisotopic (exact) mass is 436 g/mol. The van der Waals surface area contributed by atoms with Crippen molar-refractivity contribution in [2.24, 2.45) is 0 Å². The van der Waals surface area contributed by atoms with Crippen molar-refractivity contribution in [1.82, 2.24) is 4.98 Å². The van der Waals surface area contributed by atoms with Crippen molar-refractivity contribution in [2.45, 2.75) is 10.1 Å². The Labute approximate surface area is 183 Å². The topological polar surface area (TPSA) is 126 Å². The maximum Gasteiger partial charge on any atom is 0.228 e. The van der Waals surface area contributed by atoms with E-state index in [0.29, 0.717) is 22.8 Å². The Morgan fingerprint density at radius 2 is 1.77 bits per heavy atom. The normalized spacial score (nSPS) is 13.9. The van der Waals surface area contributed by atoms with Gasteiger partial charge in [0.2, 0.25) is 11.6 Å². The first-order chi connectivity index (χ1) is 15.0. The molecule has 0 saturated carbocycles. The molecular formula is C22H20N4O4S. The summed E-state index contributed by atoms with van der Waals surface area (Å²) in [6, 6.07) is 13.4. The minimum absolute atomic E-state index is 0.0114. The molecule has 4 rings (SSSR count). The van der Waals surface area contributed by atoms with E-state index in [-0.39, 0.29) is 28.2 Å². The summed E-state index contributed by atoms with van der Waals surface area (Å²) in [5.74, 6) is 2.43. The van der Waals surface area contributed by atoms with E-state index < -0.39 is 0 Å². The number of anilines is 2. The SMILES string of the molecule is COc1ccc(SC2c3ccc(OC)c(OC)c3Oc3nc(N)c(C#N)c(N)c32)cc1. The van der Waals surface area contributed by atoms with Crippen molar-refractivity contribution in [1.29, 1.82) is 5.26 Å². The highest BCUT2D eigenvalue weighted by Crippen LogP contribution is 2.57. The molecule has 0 saturated heterocycles. The number of nitrogens with two attached hydrogens (primary N) is 2. The molecule has 1 aliphatic heterocycles. The Balaban J connectivity index is 1.92. The largest absolute Gasteiger partial charge is 0.497 e. The third kappa shape index (κ3) is 3.41. The van der Waals surface area contributed by atoms with E-state index in [0.717, 1.165) is 16.2 Å². The lowest BCUT2D eigenvalue weighted by molar-refractivity contribution is 0.329. The van der Waals surface area contributed by atoms with Crippen molar-refractivity contribution in [3.63, 3.8) is 0 Å². The van der Waals surface area contributed by atoms with Gasteiger partial charge in [0.25, 0.3) is 0 Å². The van der Waals surface area contributed by atoms with Gasteiger partial charge < -0.3 is 30.4 Å². The second-order valence-electron chi connectivity index (χ2n) is 6.61. The highest BCUT2D eigenvalue weighted by Gasteiger charge is 2.36. The molecule has 8 nitrogen and oxygen atoms in total. The fraction of sp³-hybridized carbons (Fsp3) is 0.182. The van der Waals surface area contributed by atoms with Gasteiger partial charge in [0.15, 0.2) is 11.5 Å². The zero-order chi connectivity index (χ0) is 22.1. The van der Waals surface area contributed by atoms with Gasteiger partial charge in [0, 0.05) is 10.5 Å². The highest BCUT2D eigenvalue weighted by atomic mass is 32.2. The van der Waals surface area contributed by atoms with Crippen LogP contribution in [0.25, 0.3) is 0 Å². The fourth-order valence-electron chi connectivity index (χ4n) is 3.45. The second-order valence-corrected chi connectivity index (χ2v) is 7.79. The number of methoxy groups -OCH3 is 3. The lowest BCUT2D eigenvalue weighted by atomic mass is 9.97. The van der Waals surface area contributed by atoms with Crippen LogP contribution in [0.15, 0.2) is 41.3 Å². The van der Waals surface area contributed by atoms with E-state index in [2.05, 4.69) is 4.98 Å². The Bertz CT molecular complexity index is 1190. The van der Waals surface area contributed by atoms with Crippen LogP contribution < -0.4 is 30.4 Å². The maximum atomic E-state index is 9.53. The standard InChI is InChI=1S/C22H20N4O4S/c1-27-11-4-6-12(7-5-11)31-20-13-8-9-15(28-2)19(29-3)18(13)30-22-16(20)17(24)14(10-23)21(25)26-22/h4-9,20H,1-3H3,(H4,24,25,26). The summed E-state index contributed by atoms with van der Waals surface area (Å²) in [5.41, 5.74) is 14.1. The summed E-state index contributed by atoms with van der Waals surface area (Å²) in [4.78, 5) is 5.28. The summed E-state index contributed by atoms with van der Waals surface area (Å²) < 4.78 is 22.3. The van der Waals surface area contributed by atoms with Gasteiger partial charge in [-0.05, 0) is 36.4 Å². The predicted octanol–water partition coefficient (Wildman–Crippen LogP) is 4.13. The third-order valence-corrected chi connectivity index (χ3v) is 6.24. The number of hydrogen-bond acceptors (Lipinski definition) is 9. The Hall–Kier alpha value is -3.77. The van der Waals surface area contributed by atoms with Crippen molar-refractivity contribution >= 4 is 23.3 Å². The number of thioether (sulfide) groups is 1. The van der Waals surface area contributed by atoms with Gasteiger partial charge in [-0.1, -0.05) is 0 Å². The van der Waals surface area contributed by atoms with Crippen molar-refractivity contribution in [3.05, 3.63) is 53.1 Å². The van der Waals surface area contributed by atoms with Crippen LogP contribution in [0.4, 0.5) is 11.5 Å². The Morgan fingerprint density at radius 1 is 1.03 bits per heavy atom. The van der Waals surface area contributed by atoms with Crippen LogP contribution in [-0.4, -0.2) is 26.3 Å². The molecule has 3 aromatic rings. The van der Waals surface area contributed by atoms with E-state index in [1.54, 1.807) is 20.3 Å². The molecule has 1 atom stereocenters. The van der Waals surface area contributed by atoms with E-state index >= 15 is 0 Å². The zero-order valence-electron chi connectivity index (χ0n) is 17.1. The number of ether oxygens (including phenoxy) is 4. The molecule has 2 heterocycles.